The Morgan fingerprint density at radius 3 is 2.77 bits per heavy atom. The molecule has 0 aliphatic heterocycles. The zero-order valence-electron chi connectivity index (χ0n) is 12.5. The molecule has 0 amide bonds. The van der Waals surface area contributed by atoms with Gasteiger partial charge in [0.05, 0.1) is 11.5 Å². The monoisotopic (exact) mass is 304 g/mol. The van der Waals surface area contributed by atoms with Crippen LogP contribution in [0, 0.1) is 28.4 Å². The van der Waals surface area contributed by atoms with Crippen LogP contribution in [0.4, 0.5) is 5.69 Å². The van der Waals surface area contributed by atoms with E-state index in [0.717, 1.165) is 0 Å². The number of hydrogen-bond donors (Lipinski definition) is 0. The van der Waals surface area contributed by atoms with E-state index < -0.39 is 17.0 Å². The van der Waals surface area contributed by atoms with E-state index in [1.807, 2.05) is 0 Å². The smallest absolute Gasteiger partial charge is 0.349 e. The Balaban J connectivity index is 3.03. The van der Waals surface area contributed by atoms with Gasteiger partial charge in [-0.1, -0.05) is 12.1 Å². The van der Waals surface area contributed by atoms with Crippen molar-refractivity contribution in [1.29, 1.82) is 5.26 Å². The third kappa shape index (κ3) is 4.68. The molecule has 0 aromatic heterocycles. The molecule has 7 nitrogen and oxygen atoms in total. The van der Waals surface area contributed by atoms with Gasteiger partial charge < -0.3 is 9.47 Å². The maximum atomic E-state index is 11.8. The number of hydrogen-bond acceptors (Lipinski definition) is 6. The molecule has 0 aliphatic carbocycles. The second kappa shape index (κ2) is 7.90. The van der Waals surface area contributed by atoms with E-state index in [9.17, 15) is 14.9 Å². The fourth-order valence-corrected chi connectivity index (χ4v) is 1.73. The average molecular weight is 304 g/mol. The summed E-state index contributed by atoms with van der Waals surface area (Å²) in [5.41, 5.74) is 0.565. The number of nitro benzene ring substituents is 1. The molecule has 22 heavy (non-hydrogen) atoms. The summed E-state index contributed by atoms with van der Waals surface area (Å²) in [5.74, 6) is -0.796. The molecule has 0 heterocycles. The van der Waals surface area contributed by atoms with Crippen LogP contribution in [-0.2, 0) is 14.3 Å². The Bertz CT molecular complexity index is 646. The van der Waals surface area contributed by atoms with E-state index in [4.69, 9.17) is 14.7 Å². The third-order valence-electron chi connectivity index (χ3n) is 2.79. The van der Waals surface area contributed by atoms with E-state index in [2.05, 4.69) is 0 Å². The van der Waals surface area contributed by atoms with Gasteiger partial charge in [-0.05, 0) is 25.5 Å². The highest BCUT2D eigenvalue weighted by Gasteiger charge is 2.16. The molecule has 1 aromatic rings. The summed E-state index contributed by atoms with van der Waals surface area (Å²) in [6.07, 6.45) is 0.760. The minimum absolute atomic E-state index is 0.0767. The number of methoxy groups -OCH3 is 1. The van der Waals surface area contributed by atoms with E-state index >= 15 is 0 Å². The quantitative estimate of drug-likeness (QED) is 0.263. The highest BCUT2D eigenvalue weighted by Crippen LogP contribution is 2.21. The fraction of sp³-hybridized carbons (Fsp3) is 0.333. The van der Waals surface area contributed by atoms with Gasteiger partial charge in [0, 0.05) is 18.7 Å². The Labute approximate surface area is 127 Å². The SMILES string of the molecule is COC[C@@H](C)OC(=O)/C(C#N)=C/c1ccc(C)c([N+](=O)[O-])c1. The number of rotatable bonds is 6. The van der Waals surface area contributed by atoms with E-state index in [1.165, 1.54) is 19.3 Å². The average Bonchev–Trinajstić information content (AvgIpc) is 2.45. The summed E-state index contributed by atoms with van der Waals surface area (Å²) in [7, 11) is 1.47. The molecule has 1 atom stereocenters. The lowest BCUT2D eigenvalue weighted by atomic mass is 10.1. The molecule has 0 spiro atoms. The van der Waals surface area contributed by atoms with Crippen LogP contribution < -0.4 is 0 Å². The van der Waals surface area contributed by atoms with Crippen LogP contribution in [0.3, 0.4) is 0 Å². The highest BCUT2D eigenvalue weighted by atomic mass is 16.6. The summed E-state index contributed by atoms with van der Waals surface area (Å²) >= 11 is 0. The second-order valence-electron chi connectivity index (χ2n) is 4.64. The molecule has 0 saturated carbocycles. The number of nitrogens with zero attached hydrogens (tertiary/aromatic N) is 2. The van der Waals surface area contributed by atoms with E-state index in [-0.39, 0.29) is 17.9 Å². The standard InChI is InChI=1S/C15H16N2O5/c1-10-4-5-12(7-14(10)17(19)20)6-13(8-16)15(18)22-11(2)9-21-3/h4-7,11H,9H2,1-3H3/b13-6+/t11-/m1/s1. The van der Waals surface area contributed by atoms with Crippen molar-refractivity contribution in [3.63, 3.8) is 0 Å². The molecule has 1 rings (SSSR count). The minimum atomic E-state index is -0.796. The van der Waals surface area contributed by atoms with Crippen LogP contribution in [0.5, 0.6) is 0 Å². The van der Waals surface area contributed by atoms with Crippen molar-refractivity contribution >= 4 is 17.7 Å². The molecule has 0 N–H and O–H groups in total. The summed E-state index contributed by atoms with van der Waals surface area (Å²) in [5, 5.41) is 19.9. The summed E-state index contributed by atoms with van der Waals surface area (Å²) in [4.78, 5) is 22.2. The molecule has 116 valence electrons. The molecule has 0 unspecified atom stereocenters. The largest absolute Gasteiger partial charge is 0.456 e. The van der Waals surface area contributed by atoms with E-state index in [1.54, 1.807) is 32.0 Å². The first kappa shape index (κ1) is 17.3. The third-order valence-corrected chi connectivity index (χ3v) is 2.79. The molecule has 0 radical (unpaired) electrons. The van der Waals surface area contributed by atoms with Crippen molar-refractivity contribution in [2.24, 2.45) is 0 Å². The van der Waals surface area contributed by atoms with Gasteiger partial charge in [0.15, 0.2) is 0 Å². The van der Waals surface area contributed by atoms with Crippen LogP contribution in [0.2, 0.25) is 0 Å². The molecule has 0 bridgehead atoms. The molecular weight excluding hydrogens is 288 g/mol. The second-order valence-corrected chi connectivity index (χ2v) is 4.64. The molecule has 0 saturated heterocycles. The van der Waals surface area contributed by atoms with Gasteiger partial charge in [-0.3, -0.25) is 10.1 Å². The van der Waals surface area contributed by atoms with Gasteiger partial charge in [-0.15, -0.1) is 0 Å². The summed E-state index contributed by atoms with van der Waals surface area (Å²) < 4.78 is 9.87. The Hall–Kier alpha value is -2.72. The molecular formula is C15H16N2O5. The van der Waals surface area contributed by atoms with Gasteiger partial charge in [0.1, 0.15) is 17.7 Å². The summed E-state index contributed by atoms with van der Waals surface area (Å²) in [6.45, 7) is 3.45. The molecule has 7 heteroatoms. The topological polar surface area (TPSA) is 102 Å². The maximum absolute atomic E-state index is 11.8. The van der Waals surface area contributed by atoms with Crippen molar-refractivity contribution in [3.8, 4) is 6.07 Å². The molecule has 1 aromatic carbocycles. The normalized spacial score (nSPS) is 12.4. The Morgan fingerprint density at radius 1 is 1.55 bits per heavy atom. The van der Waals surface area contributed by atoms with Crippen molar-refractivity contribution in [2.45, 2.75) is 20.0 Å². The van der Waals surface area contributed by atoms with Gasteiger partial charge in [-0.2, -0.15) is 5.26 Å². The predicted octanol–water partition coefficient (Wildman–Crippen LogP) is 2.39. The van der Waals surface area contributed by atoms with Gasteiger partial charge in [0.2, 0.25) is 0 Å². The highest BCUT2D eigenvalue weighted by molar-refractivity contribution is 5.98. The maximum Gasteiger partial charge on any atom is 0.349 e. The van der Waals surface area contributed by atoms with Crippen LogP contribution in [0.15, 0.2) is 23.8 Å². The Kier molecular flexibility index (Phi) is 6.23. The van der Waals surface area contributed by atoms with E-state index in [0.29, 0.717) is 11.1 Å². The van der Waals surface area contributed by atoms with Gasteiger partial charge in [0.25, 0.3) is 5.69 Å². The lowest BCUT2D eigenvalue weighted by molar-refractivity contribution is -0.385. The van der Waals surface area contributed by atoms with Crippen molar-refractivity contribution < 1.29 is 19.2 Å². The first-order chi connectivity index (χ1) is 10.4. The number of esters is 1. The number of nitriles is 1. The number of carbonyl (C=O) groups excluding carboxylic acids is 1. The number of carbonyl (C=O) groups is 1. The van der Waals surface area contributed by atoms with Crippen LogP contribution in [-0.4, -0.2) is 30.7 Å². The summed E-state index contributed by atoms with van der Waals surface area (Å²) in [6, 6.07) is 6.18. The number of aryl methyl sites for hydroxylation is 1. The Morgan fingerprint density at radius 2 is 2.23 bits per heavy atom. The molecule has 0 aliphatic rings. The lowest BCUT2D eigenvalue weighted by Gasteiger charge is -2.11. The van der Waals surface area contributed by atoms with Crippen molar-refractivity contribution in [1.82, 2.24) is 0 Å². The first-order valence-electron chi connectivity index (χ1n) is 6.45. The van der Waals surface area contributed by atoms with Crippen molar-refractivity contribution in [2.75, 3.05) is 13.7 Å². The first-order valence-corrected chi connectivity index (χ1v) is 6.45. The number of ether oxygens (including phenoxy) is 2. The fourth-order valence-electron chi connectivity index (χ4n) is 1.73. The predicted molar refractivity (Wildman–Crippen MR) is 78.9 cm³/mol. The number of benzene rings is 1. The zero-order valence-corrected chi connectivity index (χ0v) is 12.5. The van der Waals surface area contributed by atoms with Crippen LogP contribution >= 0.6 is 0 Å². The van der Waals surface area contributed by atoms with Gasteiger partial charge >= 0.3 is 5.97 Å². The zero-order chi connectivity index (χ0) is 16.7. The lowest BCUT2D eigenvalue weighted by Crippen LogP contribution is -2.20. The van der Waals surface area contributed by atoms with Crippen LogP contribution in [0.1, 0.15) is 18.1 Å². The molecule has 0 fully saturated rings. The minimum Gasteiger partial charge on any atom is -0.456 e. The van der Waals surface area contributed by atoms with Crippen LogP contribution in [0.25, 0.3) is 6.08 Å². The van der Waals surface area contributed by atoms with Gasteiger partial charge in [-0.25, -0.2) is 4.79 Å². The number of nitro groups is 1. The van der Waals surface area contributed by atoms with Crippen molar-refractivity contribution in [3.05, 3.63) is 45.0 Å².